The Morgan fingerprint density at radius 2 is 1.85 bits per heavy atom. The number of carbonyl (C=O) groups excluding carboxylic acids is 1. The molecule has 8 heteroatoms. The van der Waals surface area contributed by atoms with Gasteiger partial charge in [-0.15, -0.1) is 0 Å². The van der Waals surface area contributed by atoms with Crippen LogP contribution in [0.15, 0.2) is 53.4 Å². The molecule has 146 valence electrons. The summed E-state index contributed by atoms with van der Waals surface area (Å²) in [5.41, 5.74) is 1.54. The van der Waals surface area contributed by atoms with Gasteiger partial charge in [-0.25, -0.2) is 12.7 Å². The van der Waals surface area contributed by atoms with Gasteiger partial charge in [0, 0.05) is 25.3 Å². The monoisotopic (exact) mass is 392 g/mol. The van der Waals surface area contributed by atoms with Crippen molar-refractivity contribution < 1.29 is 23.3 Å². The molecule has 1 amide bonds. The fraction of sp³-hybridized carbons (Fsp3) is 0.316. The minimum atomic E-state index is -3.69. The lowest BCUT2D eigenvalue weighted by atomic mass is 10.1. The number of quaternary nitrogens is 1. The Kier molecular flexibility index (Phi) is 6.95. The molecule has 2 aromatic carbocycles. The van der Waals surface area contributed by atoms with Gasteiger partial charge in [-0.3, -0.25) is 4.79 Å². The van der Waals surface area contributed by atoms with Gasteiger partial charge in [-0.1, -0.05) is 30.3 Å². The number of carbonyl (C=O) groups is 1. The van der Waals surface area contributed by atoms with Crippen molar-refractivity contribution in [1.29, 1.82) is 0 Å². The highest BCUT2D eigenvalue weighted by Gasteiger charge is 2.23. The Hall–Kier alpha value is -2.42. The second kappa shape index (κ2) is 8.98. The molecule has 0 bridgehead atoms. The number of benzene rings is 2. The van der Waals surface area contributed by atoms with Gasteiger partial charge >= 0.3 is 0 Å². The van der Waals surface area contributed by atoms with E-state index >= 15 is 0 Å². The molecule has 0 aliphatic carbocycles. The maximum atomic E-state index is 12.4. The summed E-state index contributed by atoms with van der Waals surface area (Å²) in [6.07, 6.45) is 0. The van der Waals surface area contributed by atoms with E-state index < -0.39 is 10.0 Å². The van der Waals surface area contributed by atoms with Crippen LogP contribution in [0.2, 0.25) is 0 Å². The van der Waals surface area contributed by atoms with Gasteiger partial charge in [0.1, 0.15) is 16.7 Å². The molecule has 0 spiro atoms. The minimum Gasteiger partial charge on any atom is -0.495 e. The van der Waals surface area contributed by atoms with E-state index in [-0.39, 0.29) is 29.1 Å². The first-order valence-electron chi connectivity index (χ1n) is 8.54. The van der Waals surface area contributed by atoms with Crippen molar-refractivity contribution >= 4 is 21.6 Å². The van der Waals surface area contributed by atoms with Crippen molar-refractivity contribution in [3.63, 3.8) is 0 Å². The smallest absolute Gasteiger partial charge is 0.279 e. The minimum absolute atomic E-state index is 0.00873. The van der Waals surface area contributed by atoms with Crippen molar-refractivity contribution in [1.82, 2.24) is 4.31 Å². The number of sulfonamides is 1. The number of nitrogens with two attached hydrogens (primary N) is 1. The van der Waals surface area contributed by atoms with Crippen molar-refractivity contribution in [2.45, 2.75) is 17.9 Å². The summed E-state index contributed by atoms with van der Waals surface area (Å²) in [6, 6.07) is 14.6. The van der Waals surface area contributed by atoms with Gasteiger partial charge < -0.3 is 15.4 Å². The first-order valence-corrected chi connectivity index (χ1v) is 9.98. The fourth-order valence-electron chi connectivity index (χ4n) is 2.54. The maximum Gasteiger partial charge on any atom is 0.279 e. The Bertz CT molecular complexity index is 883. The van der Waals surface area contributed by atoms with Gasteiger partial charge in [-0.2, -0.15) is 0 Å². The summed E-state index contributed by atoms with van der Waals surface area (Å²) >= 11 is 0. The third-order valence-corrected chi connectivity index (χ3v) is 6.02. The quantitative estimate of drug-likeness (QED) is 0.706. The summed E-state index contributed by atoms with van der Waals surface area (Å²) < 4.78 is 31.1. The molecule has 7 nitrogen and oxygen atoms in total. The van der Waals surface area contributed by atoms with Crippen molar-refractivity contribution in [3.8, 4) is 5.75 Å². The summed E-state index contributed by atoms with van der Waals surface area (Å²) in [4.78, 5) is 12.3. The van der Waals surface area contributed by atoms with Crippen LogP contribution in [0, 0.1) is 0 Å². The Morgan fingerprint density at radius 1 is 1.19 bits per heavy atom. The van der Waals surface area contributed by atoms with Crippen LogP contribution in [-0.2, 0) is 14.8 Å². The molecule has 0 unspecified atom stereocenters. The van der Waals surface area contributed by atoms with Crippen LogP contribution in [0.5, 0.6) is 5.75 Å². The molecule has 0 saturated heterocycles. The zero-order valence-corrected chi connectivity index (χ0v) is 16.8. The molecule has 27 heavy (non-hydrogen) atoms. The number of hydrogen-bond acceptors (Lipinski definition) is 4. The molecule has 0 aliphatic rings. The maximum absolute atomic E-state index is 12.4. The Balaban J connectivity index is 2.07. The molecule has 0 aliphatic heterocycles. The van der Waals surface area contributed by atoms with Crippen LogP contribution in [-0.4, -0.2) is 46.4 Å². The van der Waals surface area contributed by atoms with Gasteiger partial charge in [0.05, 0.1) is 7.11 Å². The highest BCUT2D eigenvalue weighted by atomic mass is 32.2. The van der Waals surface area contributed by atoms with Gasteiger partial charge in [0.2, 0.25) is 10.0 Å². The summed E-state index contributed by atoms with van der Waals surface area (Å²) in [5, 5.41) is 4.67. The van der Waals surface area contributed by atoms with E-state index in [1.807, 2.05) is 42.6 Å². The van der Waals surface area contributed by atoms with Crippen LogP contribution in [0.3, 0.4) is 0 Å². The van der Waals surface area contributed by atoms with E-state index in [4.69, 9.17) is 4.74 Å². The van der Waals surface area contributed by atoms with Crippen molar-refractivity contribution in [2.75, 3.05) is 33.1 Å². The van der Waals surface area contributed by atoms with Crippen LogP contribution < -0.4 is 15.4 Å². The van der Waals surface area contributed by atoms with E-state index in [2.05, 4.69) is 5.32 Å². The predicted octanol–water partition coefficient (Wildman–Crippen LogP) is 1.21. The molecule has 1 atom stereocenters. The van der Waals surface area contributed by atoms with Gasteiger partial charge in [0.15, 0.2) is 6.54 Å². The van der Waals surface area contributed by atoms with E-state index in [0.717, 1.165) is 9.87 Å². The zero-order chi connectivity index (χ0) is 20.0. The second-order valence-corrected chi connectivity index (χ2v) is 8.46. The molecular weight excluding hydrogens is 366 g/mol. The molecule has 0 radical (unpaired) electrons. The number of amides is 1. The number of rotatable bonds is 8. The number of nitrogens with zero attached hydrogens (tertiary/aromatic N) is 1. The third kappa shape index (κ3) is 5.29. The first-order chi connectivity index (χ1) is 12.8. The summed E-state index contributed by atoms with van der Waals surface area (Å²) in [5.74, 6) is 0.0158. The molecular formula is C19H26N3O4S+. The summed E-state index contributed by atoms with van der Waals surface area (Å²) in [7, 11) is 0.603. The molecule has 2 aromatic rings. The second-order valence-electron chi connectivity index (χ2n) is 6.34. The highest BCUT2D eigenvalue weighted by Crippen LogP contribution is 2.28. The Morgan fingerprint density at radius 3 is 2.44 bits per heavy atom. The van der Waals surface area contributed by atoms with Crippen molar-refractivity contribution in [3.05, 3.63) is 54.1 Å². The topological polar surface area (TPSA) is 92.3 Å². The van der Waals surface area contributed by atoms with Crippen LogP contribution in [0.4, 0.5) is 5.69 Å². The number of ether oxygens (including phenoxy) is 1. The first kappa shape index (κ1) is 20.9. The SMILES string of the molecule is COc1ccc(NC(=O)C[NH2+][C@@H](C)c2ccccc2)cc1S(=O)(=O)N(C)C. The third-order valence-electron chi connectivity index (χ3n) is 4.19. The average molecular weight is 393 g/mol. The highest BCUT2D eigenvalue weighted by molar-refractivity contribution is 7.89. The van der Waals surface area contributed by atoms with Crippen LogP contribution in [0.1, 0.15) is 18.5 Å². The van der Waals surface area contributed by atoms with E-state index in [1.165, 1.54) is 33.3 Å². The van der Waals surface area contributed by atoms with E-state index in [1.54, 1.807) is 6.07 Å². The number of nitrogens with one attached hydrogen (secondary N) is 1. The summed E-state index contributed by atoms with van der Waals surface area (Å²) in [6.45, 7) is 2.25. The van der Waals surface area contributed by atoms with E-state index in [0.29, 0.717) is 5.69 Å². The predicted molar refractivity (Wildman–Crippen MR) is 104 cm³/mol. The molecule has 0 saturated carbocycles. The lowest BCUT2D eigenvalue weighted by molar-refractivity contribution is -0.682. The molecule has 0 heterocycles. The Labute approximate surface area is 160 Å². The van der Waals surface area contributed by atoms with Crippen LogP contribution >= 0.6 is 0 Å². The lowest BCUT2D eigenvalue weighted by Crippen LogP contribution is -2.86. The lowest BCUT2D eigenvalue weighted by Gasteiger charge is -2.16. The largest absolute Gasteiger partial charge is 0.495 e. The van der Waals surface area contributed by atoms with Crippen molar-refractivity contribution in [2.24, 2.45) is 0 Å². The average Bonchev–Trinajstić information content (AvgIpc) is 2.66. The standard InChI is InChI=1S/C19H25N3O4S/c1-14(15-8-6-5-7-9-15)20-13-19(23)21-16-10-11-17(26-4)18(12-16)27(24,25)22(2)3/h5-12,14,20H,13H2,1-4H3,(H,21,23)/p+1/t14-/m0/s1. The van der Waals surface area contributed by atoms with Gasteiger partial charge in [0.25, 0.3) is 5.91 Å². The van der Waals surface area contributed by atoms with E-state index in [9.17, 15) is 13.2 Å². The molecule has 2 rings (SSSR count). The number of methoxy groups -OCH3 is 1. The zero-order valence-electron chi connectivity index (χ0n) is 16.0. The van der Waals surface area contributed by atoms with Gasteiger partial charge in [-0.05, 0) is 25.1 Å². The number of anilines is 1. The molecule has 3 N–H and O–H groups in total. The molecule has 0 fully saturated rings. The fourth-order valence-corrected chi connectivity index (χ4v) is 3.62. The normalized spacial score (nSPS) is 12.6. The molecule has 0 aromatic heterocycles. The number of hydrogen-bond donors (Lipinski definition) is 2. The van der Waals surface area contributed by atoms with Crippen LogP contribution in [0.25, 0.3) is 0 Å².